The van der Waals surface area contributed by atoms with Crippen LogP contribution in [0.3, 0.4) is 0 Å². The first-order valence-corrected chi connectivity index (χ1v) is 8.46. The van der Waals surface area contributed by atoms with Gasteiger partial charge in [0, 0.05) is 18.8 Å². The van der Waals surface area contributed by atoms with Crippen molar-refractivity contribution in [2.45, 2.75) is 32.9 Å². The molecule has 112 valence electrons. The van der Waals surface area contributed by atoms with Crippen LogP contribution in [0.4, 0.5) is 5.69 Å². The highest BCUT2D eigenvalue weighted by Crippen LogP contribution is 2.23. The molecule has 1 aliphatic rings. The smallest absolute Gasteiger partial charge is 0.216 e. The second kappa shape index (κ2) is 6.11. The molecular formula is C14H22N2O3S. The summed E-state index contributed by atoms with van der Waals surface area (Å²) in [5.74, 6) is 0.0306. The molecular weight excluding hydrogens is 276 g/mol. The van der Waals surface area contributed by atoms with Gasteiger partial charge >= 0.3 is 0 Å². The Morgan fingerprint density at radius 3 is 2.80 bits per heavy atom. The first-order chi connectivity index (χ1) is 9.38. The highest BCUT2D eigenvalue weighted by Gasteiger charge is 2.26. The average molecular weight is 298 g/mol. The molecule has 0 unspecified atom stereocenters. The Hall–Kier alpha value is -1.11. The van der Waals surface area contributed by atoms with Gasteiger partial charge in [-0.25, -0.2) is 8.42 Å². The summed E-state index contributed by atoms with van der Waals surface area (Å²) in [5.41, 5.74) is 8.62. The van der Waals surface area contributed by atoms with Gasteiger partial charge in [-0.1, -0.05) is 6.07 Å². The van der Waals surface area contributed by atoms with Crippen molar-refractivity contribution in [3.8, 4) is 0 Å². The van der Waals surface area contributed by atoms with Gasteiger partial charge in [0.1, 0.15) is 0 Å². The quantitative estimate of drug-likeness (QED) is 0.834. The molecule has 2 rings (SSSR count). The predicted octanol–water partition coefficient (Wildman–Crippen LogP) is 1.38. The van der Waals surface area contributed by atoms with Gasteiger partial charge in [0.15, 0.2) is 0 Å². The number of benzene rings is 1. The van der Waals surface area contributed by atoms with Crippen molar-refractivity contribution in [1.82, 2.24) is 4.31 Å². The molecule has 20 heavy (non-hydrogen) atoms. The van der Waals surface area contributed by atoms with Gasteiger partial charge in [-0.2, -0.15) is 4.31 Å². The van der Waals surface area contributed by atoms with E-state index in [-0.39, 0.29) is 18.5 Å². The van der Waals surface area contributed by atoms with Crippen molar-refractivity contribution in [2.75, 3.05) is 24.6 Å². The van der Waals surface area contributed by atoms with E-state index in [2.05, 4.69) is 0 Å². The van der Waals surface area contributed by atoms with Crippen LogP contribution >= 0.6 is 0 Å². The highest BCUT2D eigenvalue weighted by atomic mass is 32.2. The third-order valence-corrected chi connectivity index (χ3v) is 5.17. The van der Waals surface area contributed by atoms with Crippen LogP contribution in [0, 0.1) is 0 Å². The maximum absolute atomic E-state index is 12.3. The van der Waals surface area contributed by atoms with Crippen molar-refractivity contribution in [2.24, 2.45) is 0 Å². The number of nitrogens with zero attached hydrogens (tertiary/aromatic N) is 1. The van der Waals surface area contributed by atoms with Gasteiger partial charge in [0.25, 0.3) is 0 Å². The van der Waals surface area contributed by atoms with E-state index >= 15 is 0 Å². The summed E-state index contributed by atoms with van der Waals surface area (Å²) in [6.07, 6.45) is 0.784. The van der Waals surface area contributed by atoms with Crippen molar-refractivity contribution >= 4 is 15.7 Å². The first-order valence-electron chi connectivity index (χ1n) is 6.85. The molecule has 0 radical (unpaired) electrons. The molecule has 5 nitrogen and oxygen atoms in total. The SMILES string of the molecule is CC(C)OCCS(=O)(=O)N1CCc2ccc(N)cc2C1. The molecule has 1 aromatic carbocycles. The zero-order valence-electron chi connectivity index (χ0n) is 12.0. The summed E-state index contributed by atoms with van der Waals surface area (Å²) in [6, 6.07) is 5.71. The maximum atomic E-state index is 12.3. The molecule has 1 aromatic rings. The zero-order valence-corrected chi connectivity index (χ0v) is 12.8. The molecule has 0 atom stereocenters. The van der Waals surface area contributed by atoms with E-state index in [1.807, 2.05) is 32.0 Å². The molecule has 6 heteroatoms. The molecule has 0 amide bonds. The van der Waals surface area contributed by atoms with Gasteiger partial charge in [0.05, 0.1) is 18.5 Å². The fourth-order valence-electron chi connectivity index (χ4n) is 2.31. The highest BCUT2D eigenvalue weighted by molar-refractivity contribution is 7.89. The van der Waals surface area contributed by atoms with E-state index in [4.69, 9.17) is 10.5 Å². The molecule has 1 heterocycles. The lowest BCUT2D eigenvalue weighted by atomic mass is 10.0. The molecule has 0 spiro atoms. The van der Waals surface area contributed by atoms with Crippen LogP contribution in [0.15, 0.2) is 18.2 Å². The molecule has 0 saturated heterocycles. The lowest BCUT2D eigenvalue weighted by Gasteiger charge is -2.28. The number of anilines is 1. The fraction of sp³-hybridized carbons (Fsp3) is 0.571. The number of hydrogen-bond acceptors (Lipinski definition) is 4. The van der Waals surface area contributed by atoms with Crippen molar-refractivity contribution in [3.05, 3.63) is 29.3 Å². The van der Waals surface area contributed by atoms with Crippen LogP contribution in [0.25, 0.3) is 0 Å². The summed E-state index contributed by atoms with van der Waals surface area (Å²) in [4.78, 5) is 0. The standard InChI is InChI=1S/C14H22N2O3S/c1-11(2)19-7-8-20(17,18)16-6-5-12-3-4-14(15)9-13(12)10-16/h3-4,9,11H,5-8,10,15H2,1-2H3. The van der Waals surface area contributed by atoms with E-state index in [0.29, 0.717) is 18.8 Å². The van der Waals surface area contributed by atoms with Gasteiger partial charge in [-0.05, 0) is 43.5 Å². The number of nitrogens with two attached hydrogens (primary N) is 1. The maximum Gasteiger partial charge on any atom is 0.216 e. The number of fused-ring (bicyclic) bond motifs is 1. The Labute approximate surface area is 120 Å². The van der Waals surface area contributed by atoms with E-state index in [9.17, 15) is 8.42 Å². The van der Waals surface area contributed by atoms with Crippen LogP contribution in [0.2, 0.25) is 0 Å². The van der Waals surface area contributed by atoms with Gasteiger partial charge in [-0.3, -0.25) is 0 Å². The monoisotopic (exact) mass is 298 g/mol. The average Bonchev–Trinajstić information content (AvgIpc) is 2.37. The Kier molecular flexibility index (Phi) is 4.67. The van der Waals surface area contributed by atoms with Gasteiger partial charge in [-0.15, -0.1) is 0 Å². The van der Waals surface area contributed by atoms with Gasteiger partial charge in [0.2, 0.25) is 10.0 Å². The molecule has 1 aliphatic heterocycles. The van der Waals surface area contributed by atoms with E-state index in [1.54, 1.807) is 0 Å². The van der Waals surface area contributed by atoms with E-state index in [1.165, 1.54) is 9.87 Å². The summed E-state index contributed by atoms with van der Waals surface area (Å²) in [7, 11) is -3.27. The molecule has 2 N–H and O–H groups in total. The van der Waals surface area contributed by atoms with Crippen LogP contribution in [-0.2, 0) is 27.7 Å². The Balaban J connectivity index is 2.04. The van der Waals surface area contributed by atoms with Gasteiger partial charge < -0.3 is 10.5 Å². The van der Waals surface area contributed by atoms with E-state index < -0.39 is 10.0 Å². The zero-order chi connectivity index (χ0) is 14.8. The van der Waals surface area contributed by atoms with Crippen molar-refractivity contribution in [3.63, 3.8) is 0 Å². The predicted molar refractivity (Wildman–Crippen MR) is 79.8 cm³/mol. The molecule has 0 aromatic heterocycles. The van der Waals surface area contributed by atoms with Crippen molar-refractivity contribution < 1.29 is 13.2 Å². The van der Waals surface area contributed by atoms with Crippen LogP contribution in [-0.4, -0.2) is 37.7 Å². The summed E-state index contributed by atoms with van der Waals surface area (Å²) in [6.45, 7) is 4.96. The lowest BCUT2D eigenvalue weighted by Crippen LogP contribution is -2.38. The normalized spacial score (nSPS) is 16.4. The lowest BCUT2D eigenvalue weighted by molar-refractivity contribution is 0.0906. The second-order valence-electron chi connectivity index (χ2n) is 5.35. The Morgan fingerprint density at radius 2 is 2.10 bits per heavy atom. The Morgan fingerprint density at radius 1 is 1.35 bits per heavy atom. The third-order valence-electron chi connectivity index (χ3n) is 3.39. The molecule has 0 saturated carbocycles. The van der Waals surface area contributed by atoms with Crippen LogP contribution in [0.1, 0.15) is 25.0 Å². The minimum Gasteiger partial charge on any atom is -0.399 e. The first kappa shape index (κ1) is 15.3. The summed E-state index contributed by atoms with van der Waals surface area (Å²) < 4.78 is 31.4. The molecule has 0 aliphatic carbocycles. The molecule has 0 fully saturated rings. The van der Waals surface area contributed by atoms with Crippen LogP contribution in [0.5, 0.6) is 0 Å². The second-order valence-corrected chi connectivity index (χ2v) is 7.44. The van der Waals surface area contributed by atoms with Crippen LogP contribution < -0.4 is 5.73 Å². The number of nitrogen functional groups attached to an aromatic ring is 1. The summed E-state index contributed by atoms with van der Waals surface area (Å²) in [5, 5.41) is 0. The minimum atomic E-state index is -3.27. The summed E-state index contributed by atoms with van der Waals surface area (Å²) >= 11 is 0. The minimum absolute atomic E-state index is 0.0306. The number of rotatable bonds is 5. The molecule has 0 bridgehead atoms. The number of sulfonamides is 1. The van der Waals surface area contributed by atoms with E-state index in [0.717, 1.165) is 12.0 Å². The largest absolute Gasteiger partial charge is 0.399 e. The third kappa shape index (κ3) is 3.71. The fourth-order valence-corrected chi connectivity index (χ4v) is 3.58. The number of hydrogen-bond donors (Lipinski definition) is 1. The van der Waals surface area contributed by atoms with Crippen molar-refractivity contribution in [1.29, 1.82) is 0 Å². The Bertz CT molecular complexity index is 570. The topological polar surface area (TPSA) is 72.6 Å². The number of ether oxygens (including phenoxy) is 1.